The summed E-state index contributed by atoms with van der Waals surface area (Å²) in [5.74, 6) is 0.438. The SMILES string of the molecule is CC.CC(C)N1CCCC(=O)CC1.CN1CCCC(C)(O)CC1. The van der Waals surface area contributed by atoms with Crippen LogP contribution in [0.1, 0.15) is 73.1 Å². The molecule has 2 rings (SSSR count). The third kappa shape index (κ3) is 10.9. The van der Waals surface area contributed by atoms with Crippen molar-refractivity contribution < 1.29 is 9.90 Å². The van der Waals surface area contributed by atoms with Gasteiger partial charge < -0.3 is 14.9 Å². The van der Waals surface area contributed by atoms with E-state index in [1.807, 2.05) is 20.8 Å². The molecule has 1 atom stereocenters. The Labute approximate surface area is 144 Å². The Morgan fingerprint density at radius 2 is 1.65 bits per heavy atom. The first-order valence-corrected chi connectivity index (χ1v) is 9.47. The maximum Gasteiger partial charge on any atom is 0.134 e. The van der Waals surface area contributed by atoms with Crippen LogP contribution in [-0.4, -0.2) is 65.6 Å². The van der Waals surface area contributed by atoms with Crippen LogP contribution in [0.25, 0.3) is 0 Å². The number of likely N-dealkylation sites (tertiary alicyclic amines) is 2. The fourth-order valence-corrected chi connectivity index (χ4v) is 2.90. The molecule has 2 saturated heterocycles. The molecule has 0 aromatic heterocycles. The molecule has 2 aliphatic heterocycles. The van der Waals surface area contributed by atoms with Gasteiger partial charge in [0.1, 0.15) is 5.78 Å². The molecule has 2 fully saturated rings. The van der Waals surface area contributed by atoms with Gasteiger partial charge in [-0.3, -0.25) is 4.79 Å². The van der Waals surface area contributed by atoms with E-state index >= 15 is 0 Å². The molecular weight excluding hydrogens is 288 g/mol. The second-order valence-electron chi connectivity index (χ2n) is 7.18. The average molecular weight is 329 g/mol. The van der Waals surface area contributed by atoms with Gasteiger partial charge in [-0.15, -0.1) is 0 Å². The first-order chi connectivity index (χ1) is 10.8. The number of carbonyl (C=O) groups excluding carboxylic acids is 1. The van der Waals surface area contributed by atoms with E-state index in [-0.39, 0.29) is 0 Å². The van der Waals surface area contributed by atoms with Gasteiger partial charge in [0.15, 0.2) is 0 Å². The Bertz CT molecular complexity index is 316. The highest BCUT2D eigenvalue weighted by molar-refractivity contribution is 5.78. The van der Waals surface area contributed by atoms with E-state index in [2.05, 4.69) is 30.7 Å². The first kappa shape index (κ1) is 22.6. The third-order valence-corrected chi connectivity index (χ3v) is 4.60. The summed E-state index contributed by atoms with van der Waals surface area (Å²) in [7, 11) is 2.11. The van der Waals surface area contributed by atoms with Gasteiger partial charge in [0.05, 0.1) is 5.60 Å². The number of nitrogens with zero attached hydrogens (tertiary/aromatic N) is 2. The van der Waals surface area contributed by atoms with Crippen molar-refractivity contribution >= 4 is 5.78 Å². The molecular formula is C19H40N2O2. The predicted molar refractivity (Wildman–Crippen MR) is 98.9 cm³/mol. The molecule has 0 radical (unpaired) electrons. The van der Waals surface area contributed by atoms with Crippen molar-refractivity contribution in [3.05, 3.63) is 0 Å². The van der Waals surface area contributed by atoms with Gasteiger partial charge in [0.2, 0.25) is 0 Å². The summed E-state index contributed by atoms with van der Waals surface area (Å²) in [6, 6.07) is 0.598. The van der Waals surface area contributed by atoms with E-state index in [0.29, 0.717) is 11.8 Å². The van der Waals surface area contributed by atoms with Crippen molar-refractivity contribution in [1.82, 2.24) is 9.80 Å². The summed E-state index contributed by atoms with van der Waals surface area (Å²) in [5, 5.41) is 9.65. The van der Waals surface area contributed by atoms with Crippen LogP contribution in [0, 0.1) is 0 Å². The highest BCUT2D eigenvalue weighted by Gasteiger charge is 2.23. The number of carbonyl (C=O) groups is 1. The molecule has 2 aliphatic rings. The Morgan fingerprint density at radius 3 is 2.26 bits per heavy atom. The van der Waals surface area contributed by atoms with Gasteiger partial charge in [0.25, 0.3) is 0 Å². The van der Waals surface area contributed by atoms with Gasteiger partial charge >= 0.3 is 0 Å². The fraction of sp³-hybridized carbons (Fsp3) is 0.947. The second-order valence-corrected chi connectivity index (χ2v) is 7.18. The monoisotopic (exact) mass is 328 g/mol. The topological polar surface area (TPSA) is 43.8 Å². The quantitative estimate of drug-likeness (QED) is 0.802. The maximum atomic E-state index is 11.0. The van der Waals surface area contributed by atoms with E-state index < -0.39 is 5.60 Å². The normalized spacial score (nSPS) is 27.2. The molecule has 0 amide bonds. The lowest BCUT2D eigenvalue weighted by molar-refractivity contribution is -0.118. The third-order valence-electron chi connectivity index (χ3n) is 4.60. The average Bonchev–Trinajstić information content (AvgIpc) is 2.80. The van der Waals surface area contributed by atoms with E-state index in [9.17, 15) is 9.90 Å². The van der Waals surface area contributed by atoms with E-state index in [0.717, 1.165) is 64.7 Å². The van der Waals surface area contributed by atoms with E-state index in [4.69, 9.17) is 0 Å². The van der Waals surface area contributed by atoms with Gasteiger partial charge in [-0.25, -0.2) is 0 Å². The van der Waals surface area contributed by atoms with Crippen LogP contribution in [0.15, 0.2) is 0 Å². The largest absolute Gasteiger partial charge is 0.390 e. The van der Waals surface area contributed by atoms with Crippen molar-refractivity contribution in [3.63, 3.8) is 0 Å². The Hall–Kier alpha value is -0.450. The molecule has 0 spiro atoms. The predicted octanol–water partition coefficient (Wildman–Crippen LogP) is 3.33. The number of hydrogen-bond acceptors (Lipinski definition) is 4. The number of Topliss-reactive ketones (excluding diaryl/α,β-unsaturated/α-hetero) is 1. The van der Waals surface area contributed by atoms with Gasteiger partial charge in [-0.1, -0.05) is 13.8 Å². The molecule has 0 saturated carbocycles. The van der Waals surface area contributed by atoms with Crippen molar-refractivity contribution in [1.29, 1.82) is 0 Å². The zero-order valence-electron chi connectivity index (χ0n) is 16.4. The maximum absolute atomic E-state index is 11.0. The summed E-state index contributed by atoms with van der Waals surface area (Å²) >= 11 is 0. The Kier molecular flexibility index (Phi) is 11.8. The lowest BCUT2D eigenvalue weighted by Gasteiger charge is -2.23. The number of ketones is 1. The Balaban J connectivity index is 0.000000381. The lowest BCUT2D eigenvalue weighted by Crippen LogP contribution is -2.31. The fourth-order valence-electron chi connectivity index (χ4n) is 2.90. The molecule has 0 aromatic rings. The van der Waals surface area contributed by atoms with E-state index in [1.54, 1.807) is 0 Å². The van der Waals surface area contributed by atoms with Crippen molar-refractivity contribution in [2.45, 2.75) is 84.8 Å². The summed E-state index contributed by atoms with van der Waals surface area (Å²) in [4.78, 5) is 15.7. The van der Waals surface area contributed by atoms with Crippen LogP contribution in [0.3, 0.4) is 0 Å². The minimum Gasteiger partial charge on any atom is -0.390 e. The van der Waals surface area contributed by atoms with Crippen LogP contribution in [0.2, 0.25) is 0 Å². The Morgan fingerprint density at radius 1 is 1.00 bits per heavy atom. The van der Waals surface area contributed by atoms with Crippen molar-refractivity contribution in [3.8, 4) is 0 Å². The van der Waals surface area contributed by atoms with Gasteiger partial charge in [-0.2, -0.15) is 0 Å². The number of hydrogen-bond donors (Lipinski definition) is 1. The summed E-state index contributed by atoms with van der Waals surface area (Å²) in [6.45, 7) is 14.6. The minimum absolute atomic E-state index is 0.398. The van der Waals surface area contributed by atoms with Crippen LogP contribution in [-0.2, 0) is 4.79 Å². The number of aliphatic hydroxyl groups is 1. The molecule has 23 heavy (non-hydrogen) atoms. The van der Waals surface area contributed by atoms with Crippen LogP contribution in [0.5, 0.6) is 0 Å². The van der Waals surface area contributed by atoms with Gasteiger partial charge in [-0.05, 0) is 66.6 Å². The van der Waals surface area contributed by atoms with Crippen molar-refractivity contribution in [2.75, 3.05) is 33.2 Å². The summed E-state index contributed by atoms with van der Waals surface area (Å²) in [5.41, 5.74) is -0.398. The lowest BCUT2D eigenvalue weighted by atomic mass is 9.98. The highest BCUT2D eigenvalue weighted by Crippen LogP contribution is 2.20. The molecule has 0 aromatic carbocycles. The molecule has 1 N–H and O–H groups in total. The van der Waals surface area contributed by atoms with Crippen LogP contribution >= 0.6 is 0 Å². The molecule has 138 valence electrons. The molecule has 0 bridgehead atoms. The number of rotatable bonds is 1. The zero-order valence-corrected chi connectivity index (χ0v) is 16.4. The highest BCUT2D eigenvalue weighted by atomic mass is 16.3. The van der Waals surface area contributed by atoms with Crippen LogP contribution < -0.4 is 0 Å². The minimum atomic E-state index is -0.398. The van der Waals surface area contributed by atoms with Crippen LogP contribution in [0.4, 0.5) is 0 Å². The molecule has 0 aliphatic carbocycles. The zero-order chi connectivity index (χ0) is 17.9. The van der Waals surface area contributed by atoms with Gasteiger partial charge in [0, 0.05) is 32.0 Å². The summed E-state index contributed by atoms with van der Waals surface area (Å²) in [6.07, 6.45) is 5.61. The molecule has 2 heterocycles. The van der Waals surface area contributed by atoms with Crippen molar-refractivity contribution in [2.24, 2.45) is 0 Å². The first-order valence-electron chi connectivity index (χ1n) is 9.47. The molecule has 1 unspecified atom stereocenters. The molecule has 4 heteroatoms. The standard InChI is InChI=1S/C9H17NO.C8H17NO.C2H6/c1-8(2)10-6-3-4-9(11)5-7-10;1-8(10)4-3-6-9(2)7-5-8;1-2/h8H,3-7H2,1-2H3;10H,3-7H2,1-2H3;1-2H3. The molecule has 4 nitrogen and oxygen atoms in total. The smallest absolute Gasteiger partial charge is 0.134 e. The second kappa shape index (κ2) is 12.0. The van der Waals surface area contributed by atoms with E-state index in [1.165, 1.54) is 0 Å². The summed E-state index contributed by atoms with van der Waals surface area (Å²) < 4.78 is 0.